The third kappa shape index (κ3) is 2.86. The van der Waals surface area contributed by atoms with E-state index in [1.54, 1.807) is 0 Å². The second-order valence-corrected chi connectivity index (χ2v) is 4.76. The fourth-order valence-corrected chi connectivity index (χ4v) is 2.30. The van der Waals surface area contributed by atoms with Gasteiger partial charge >= 0.3 is 0 Å². The van der Waals surface area contributed by atoms with E-state index in [9.17, 15) is 4.79 Å². The van der Waals surface area contributed by atoms with E-state index in [0.29, 0.717) is 0 Å². The van der Waals surface area contributed by atoms with Crippen LogP contribution in [-0.4, -0.2) is 18.5 Å². The van der Waals surface area contributed by atoms with Gasteiger partial charge in [-0.25, -0.2) is 0 Å². The van der Waals surface area contributed by atoms with Gasteiger partial charge in [0.15, 0.2) is 0 Å². The summed E-state index contributed by atoms with van der Waals surface area (Å²) in [5.41, 5.74) is 3.20. The molecule has 17 heavy (non-hydrogen) atoms. The van der Waals surface area contributed by atoms with Crippen LogP contribution >= 0.6 is 0 Å². The minimum absolute atomic E-state index is 0.0252. The summed E-state index contributed by atoms with van der Waals surface area (Å²) in [6.45, 7) is 5.00. The van der Waals surface area contributed by atoms with E-state index in [0.717, 1.165) is 36.2 Å². The van der Waals surface area contributed by atoms with Gasteiger partial charge in [0.1, 0.15) is 0 Å². The predicted molar refractivity (Wildman–Crippen MR) is 70.2 cm³/mol. The number of benzene rings is 1. The lowest BCUT2D eigenvalue weighted by molar-refractivity contribution is -0.118. The second kappa shape index (κ2) is 5.32. The van der Waals surface area contributed by atoms with E-state index >= 15 is 0 Å². The maximum atomic E-state index is 12.1. The summed E-state index contributed by atoms with van der Waals surface area (Å²) < 4.78 is 0. The first-order valence-electron chi connectivity index (χ1n) is 6.29. The molecule has 0 spiro atoms. The highest BCUT2D eigenvalue weighted by molar-refractivity contribution is 5.96. The van der Waals surface area contributed by atoms with Gasteiger partial charge in [0, 0.05) is 5.69 Å². The van der Waals surface area contributed by atoms with Gasteiger partial charge in [-0.2, -0.15) is 0 Å². The van der Waals surface area contributed by atoms with Crippen LogP contribution in [0.5, 0.6) is 0 Å². The summed E-state index contributed by atoms with van der Waals surface area (Å²) in [5.74, 6) is 0.0992. The van der Waals surface area contributed by atoms with Gasteiger partial charge in [0.05, 0.1) is 6.04 Å². The van der Waals surface area contributed by atoms with Gasteiger partial charge in [-0.1, -0.05) is 24.6 Å². The monoisotopic (exact) mass is 232 g/mol. The molecule has 1 saturated heterocycles. The normalized spacial score (nSPS) is 20.0. The molecule has 1 aromatic carbocycles. The first kappa shape index (κ1) is 12.1. The fraction of sp³-hybridized carbons (Fsp3) is 0.500. The van der Waals surface area contributed by atoms with Crippen LogP contribution in [0.2, 0.25) is 0 Å². The Morgan fingerprint density at radius 2 is 2.00 bits per heavy atom. The number of carbonyl (C=O) groups is 1. The summed E-state index contributed by atoms with van der Waals surface area (Å²) in [5, 5.41) is 6.31. The zero-order valence-electron chi connectivity index (χ0n) is 10.5. The number of hydrogen-bond donors (Lipinski definition) is 2. The lowest BCUT2D eigenvalue weighted by Gasteiger charge is -2.23. The number of nitrogens with one attached hydrogen (secondary N) is 2. The zero-order chi connectivity index (χ0) is 12.3. The minimum Gasteiger partial charge on any atom is -0.324 e. The number of hydrogen-bond acceptors (Lipinski definition) is 2. The molecule has 1 aliphatic heterocycles. The minimum atomic E-state index is -0.0252. The summed E-state index contributed by atoms with van der Waals surface area (Å²) in [6.07, 6.45) is 3.25. The van der Waals surface area contributed by atoms with Crippen molar-refractivity contribution in [3.05, 3.63) is 29.3 Å². The van der Waals surface area contributed by atoms with Crippen LogP contribution in [0.15, 0.2) is 18.2 Å². The van der Waals surface area contributed by atoms with Crippen molar-refractivity contribution in [2.75, 3.05) is 11.9 Å². The van der Waals surface area contributed by atoms with Gasteiger partial charge in [-0.05, 0) is 44.4 Å². The molecule has 3 nitrogen and oxygen atoms in total. The number of para-hydroxylation sites is 1. The SMILES string of the molecule is Cc1cccc(C)c1NC(=O)[C@H]1CCCCN1. The summed E-state index contributed by atoms with van der Waals surface area (Å²) in [7, 11) is 0. The highest BCUT2D eigenvalue weighted by Crippen LogP contribution is 2.20. The molecule has 1 fully saturated rings. The van der Waals surface area contributed by atoms with E-state index in [1.807, 2.05) is 32.0 Å². The van der Waals surface area contributed by atoms with Crippen molar-refractivity contribution >= 4 is 11.6 Å². The molecule has 2 N–H and O–H groups in total. The number of piperidine rings is 1. The van der Waals surface area contributed by atoms with Crippen LogP contribution in [-0.2, 0) is 4.79 Å². The van der Waals surface area contributed by atoms with Crippen molar-refractivity contribution in [1.29, 1.82) is 0 Å². The Morgan fingerprint density at radius 3 is 2.59 bits per heavy atom. The van der Waals surface area contributed by atoms with Gasteiger partial charge in [0.2, 0.25) is 5.91 Å². The molecule has 92 valence electrons. The first-order valence-corrected chi connectivity index (χ1v) is 6.29. The van der Waals surface area contributed by atoms with E-state index in [-0.39, 0.29) is 11.9 Å². The van der Waals surface area contributed by atoms with Crippen LogP contribution in [0.1, 0.15) is 30.4 Å². The number of anilines is 1. The molecule has 1 amide bonds. The zero-order valence-corrected chi connectivity index (χ0v) is 10.5. The molecular weight excluding hydrogens is 212 g/mol. The average Bonchev–Trinajstić information content (AvgIpc) is 2.35. The maximum absolute atomic E-state index is 12.1. The molecule has 0 aromatic heterocycles. The quantitative estimate of drug-likeness (QED) is 0.822. The largest absolute Gasteiger partial charge is 0.324 e. The predicted octanol–water partition coefficient (Wildman–Crippen LogP) is 2.38. The van der Waals surface area contributed by atoms with Crippen LogP contribution in [0.4, 0.5) is 5.69 Å². The van der Waals surface area contributed by atoms with Crippen molar-refractivity contribution < 1.29 is 4.79 Å². The number of amides is 1. The van der Waals surface area contributed by atoms with Crippen molar-refractivity contribution in [3.63, 3.8) is 0 Å². The van der Waals surface area contributed by atoms with Crippen molar-refractivity contribution in [1.82, 2.24) is 5.32 Å². The molecule has 0 unspecified atom stereocenters. The molecule has 0 bridgehead atoms. The number of aryl methyl sites for hydroxylation is 2. The van der Waals surface area contributed by atoms with Crippen molar-refractivity contribution in [3.8, 4) is 0 Å². The molecule has 1 atom stereocenters. The van der Waals surface area contributed by atoms with E-state index in [4.69, 9.17) is 0 Å². The van der Waals surface area contributed by atoms with E-state index in [2.05, 4.69) is 10.6 Å². The Kier molecular flexibility index (Phi) is 3.79. The lowest BCUT2D eigenvalue weighted by atomic mass is 10.0. The Balaban J connectivity index is 2.07. The summed E-state index contributed by atoms with van der Waals surface area (Å²) >= 11 is 0. The molecule has 0 radical (unpaired) electrons. The average molecular weight is 232 g/mol. The molecule has 1 aliphatic rings. The van der Waals surface area contributed by atoms with Gasteiger partial charge in [-0.3, -0.25) is 4.79 Å². The second-order valence-electron chi connectivity index (χ2n) is 4.76. The lowest BCUT2D eigenvalue weighted by Crippen LogP contribution is -2.43. The van der Waals surface area contributed by atoms with E-state index < -0.39 is 0 Å². The Labute approximate surface area is 103 Å². The standard InChI is InChI=1S/C14H20N2O/c1-10-6-5-7-11(2)13(10)16-14(17)12-8-3-4-9-15-12/h5-7,12,15H,3-4,8-9H2,1-2H3,(H,16,17)/t12-/m1/s1. The topological polar surface area (TPSA) is 41.1 Å². The van der Waals surface area contributed by atoms with Crippen LogP contribution in [0.25, 0.3) is 0 Å². The smallest absolute Gasteiger partial charge is 0.241 e. The van der Waals surface area contributed by atoms with Gasteiger partial charge in [-0.15, -0.1) is 0 Å². The Hall–Kier alpha value is -1.35. The molecule has 0 saturated carbocycles. The summed E-state index contributed by atoms with van der Waals surface area (Å²) in [6, 6.07) is 6.04. The van der Waals surface area contributed by atoms with Crippen LogP contribution in [0, 0.1) is 13.8 Å². The number of carbonyl (C=O) groups excluding carboxylic acids is 1. The summed E-state index contributed by atoms with van der Waals surface area (Å²) in [4.78, 5) is 12.1. The van der Waals surface area contributed by atoms with Crippen molar-refractivity contribution in [2.45, 2.75) is 39.2 Å². The van der Waals surface area contributed by atoms with Crippen LogP contribution < -0.4 is 10.6 Å². The maximum Gasteiger partial charge on any atom is 0.241 e. The Morgan fingerprint density at radius 1 is 1.29 bits per heavy atom. The third-order valence-electron chi connectivity index (χ3n) is 3.36. The molecule has 1 aromatic rings. The Bertz CT molecular complexity index is 388. The molecule has 0 aliphatic carbocycles. The van der Waals surface area contributed by atoms with Crippen LogP contribution in [0.3, 0.4) is 0 Å². The third-order valence-corrected chi connectivity index (χ3v) is 3.36. The van der Waals surface area contributed by atoms with E-state index in [1.165, 1.54) is 6.42 Å². The molecule has 3 heteroatoms. The molecule has 2 rings (SSSR count). The van der Waals surface area contributed by atoms with Crippen molar-refractivity contribution in [2.24, 2.45) is 0 Å². The van der Waals surface area contributed by atoms with Gasteiger partial charge < -0.3 is 10.6 Å². The molecular formula is C14H20N2O. The fourth-order valence-electron chi connectivity index (χ4n) is 2.30. The highest BCUT2D eigenvalue weighted by atomic mass is 16.2. The van der Waals surface area contributed by atoms with Gasteiger partial charge in [0.25, 0.3) is 0 Å². The highest BCUT2D eigenvalue weighted by Gasteiger charge is 2.21. The number of rotatable bonds is 2. The molecule has 1 heterocycles. The first-order chi connectivity index (χ1) is 8.18.